The molecular weight excluding hydrogens is 172 g/mol. The number of hydrogen-bond acceptors (Lipinski definition) is 0. The van der Waals surface area contributed by atoms with E-state index in [1.54, 1.807) is 5.54 Å². The standard InChI is InChI=1S/C9H11ClSi/c1-11(8-7-10)9-5-3-2-4-6-9/h2-8,11H,1H3. The van der Waals surface area contributed by atoms with E-state index in [4.69, 9.17) is 11.6 Å². The topological polar surface area (TPSA) is 0 Å². The molecule has 0 fully saturated rings. The van der Waals surface area contributed by atoms with Crippen molar-refractivity contribution in [3.63, 3.8) is 0 Å². The summed E-state index contributed by atoms with van der Waals surface area (Å²) in [6.07, 6.45) is 0. The summed E-state index contributed by atoms with van der Waals surface area (Å²) in [7, 11) is -0.873. The molecule has 1 rings (SSSR count). The van der Waals surface area contributed by atoms with Crippen LogP contribution < -0.4 is 5.19 Å². The first-order chi connectivity index (χ1) is 5.34. The zero-order chi connectivity index (χ0) is 8.10. The molecule has 1 aromatic carbocycles. The lowest BCUT2D eigenvalue weighted by Gasteiger charge is -2.02. The van der Waals surface area contributed by atoms with Crippen LogP contribution in [-0.4, -0.2) is 8.80 Å². The number of benzene rings is 1. The van der Waals surface area contributed by atoms with E-state index < -0.39 is 8.80 Å². The van der Waals surface area contributed by atoms with Gasteiger partial charge >= 0.3 is 0 Å². The van der Waals surface area contributed by atoms with E-state index in [9.17, 15) is 0 Å². The first-order valence-electron chi connectivity index (χ1n) is 3.66. The lowest BCUT2D eigenvalue weighted by molar-refractivity contribution is 1.75. The maximum Gasteiger partial charge on any atom is 0.0921 e. The molecule has 1 unspecified atom stereocenters. The smallest absolute Gasteiger partial charge is 0.0921 e. The van der Waals surface area contributed by atoms with Crippen LogP contribution in [0.15, 0.2) is 41.6 Å². The molecule has 1 aromatic rings. The number of halogens is 1. The molecule has 0 heterocycles. The van der Waals surface area contributed by atoms with Crippen molar-refractivity contribution in [3.8, 4) is 0 Å². The van der Waals surface area contributed by atoms with Gasteiger partial charge in [0.2, 0.25) is 0 Å². The van der Waals surface area contributed by atoms with E-state index >= 15 is 0 Å². The summed E-state index contributed by atoms with van der Waals surface area (Å²) in [5.41, 5.74) is 3.74. The van der Waals surface area contributed by atoms with Gasteiger partial charge in [0.05, 0.1) is 8.80 Å². The van der Waals surface area contributed by atoms with E-state index in [1.807, 2.05) is 6.07 Å². The molecule has 0 aliphatic rings. The van der Waals surface area contributed by atoms with Gasteiger partial charge in [-0.3, -0.25) is 0 Å². The Balaban J connectivity index is 2.76. The summed E-state index contributed by atoms with van der Waals surface area (Å²) in [5.74, 6) is 0. The molecule has 0 aliphatic carbocycles. The van der Waals surface area contributed by atoms with Crippen molar-refractivity contribution in [1.29, 1.82) is 0 Å². The number of rotatable bonds is 2. The van der Waals surface area contributed by atoms with Crippen molar-refractivity contribution < 1.29 is 0 Å². The Morgan fingerprint density at radius 1 is 1.27 bits per heavy atom. The molecule has 58 valence electrons. The first-order valence-corrected chi connectivity index (χ1v) is 6.50. The molecule has 0 N–H and O–H groups in total. The zero-order valence-corrected chi connectivity index (χ0v) is 8.41. The van der Waals surface area contributed by atoms with Crippen LogP contribution >= 0.6 is 11.6 Å². The molecule has 0 saturated heterocycles. The third kappa shape index (κ3) is 2.52. The monoisotopic (exact) mass is 182 g/mol. The second kappa shape index (κ2) is 4.37. The summed E-state index contributed by atoms with van der Waals surface area (Å²) in [4.78, 5) is 0. The van der Waals surface area contributed by atoms with Crippen molar-refractivity contribution in [1.82, 2.24) is 0 Å². The van der Waals surface area contributed by atoms with E-state index in [2.05, 4.69) is 36.5 Å². The van der Waals surface area contributed by atoms with Gasteiger partial charge < -0.3 is 0 Å². The average Bonchev–Trinajstić information content (AvgIpc) is 2.07. The Bertz CT molecular complexity index is 231. The highest BCUT2D eigenvalue weighted by molar-refractivity contribution is 6.77. The van der Waals surface area contributed by atoms with Crippen LogP contribution in [0.2, 0.25) is 6.55 Å². The van der Waals surface area contributed by atoms with Crippen molar-refractivity contribution in [2.24, 2.45) is 0 Å². The fraction of sp³-hybridized carbons (Fsp3) is 0.111. The van der Waals surface area contributed by atoms with Gasteiger partial charge in [-0.15, -0.1) is 0 Å². The fourth-order valence-electron chi connectivity index (χ4n) is 0.977. The summed E-state index contributed by atoms with van der Waals surface area (Å²) < 4.78 is 0. The van der Waals surface area contributed by atoms with Gasteiger partial charge in [-0.05, 0) is 5.54 Å². The average molecular weight is 183 g/mol. The van der Waals surface area contributed by atoms with Crippen molar-refractivity contribution in [2.75, 3.05) is 0 Å². The third-order valence-electron chi connectivity index (χ3n) is 1.69. The molecule has 2 heteroatoms. The predicted molar refractivity (Wildman–Crippen MR) is 54.1 cm³/mol. The predicted octanol–water partition coefficient (Wildman–Crippen LogP) is 2.04. The molecule has 0 amide bonds. The van der Waals surface area contributed by atoms with Gasteiger partial charge in [0.15, 0.2) is 0 Å². The summed E-state index contributed by atoms with van der Waals surface area (Å²) >= 11 is 5.50. The Morgan fingerprint density at radius 2 is 1.91 bits per heavy atom. The van der Waals surface area contributed by atoms with Gasteiger partial charge in [0, 0.05) is 0 Å². The SMILES string of the molecule is C[SiH](C=CCl)c1ccccc1. The zero-order valence-electron chi connectivity index (χ0n) is 6.50. The third-order valence-corrected chi connectivity index (χ3v) is 4.28. The molecule has 0 bridgehead atoms. The van der Waals surface area contributed by atoms with E-state index in [-0.39, 0.29) is 0 Å². The first kappa shape index (κ1) is 8.56. The molecule has 0 saturated carbocycles. The highest BCUT2D eigenvalue weighted by Gasteiger charge is 1.99. The Hall–Kier alpha value is -0.533. The summed E-state index contributed by atoms with van der Waals surface area (Å²) in [6, 6.07) is 10.5. The van der Waals surface area contributed by atoms with Crippen LogP contribution in [0.5, 0.6) is 0 Å². The molecule has 0 nitrogen and oxygen atoms in total. The Morgan fingerprint density at radius 3 is 2.45 bits per heavy atom. The quantitative estimate of drug-likeness (QED) is 0.615. The van der Waals surface area contributed by atoms with Gasteiger partial charge in [-0.1, -0.05) is 59.4 Å². The van der Waals surface area contributed by atoms with E-state index in [0.29, 0.717) is 0 Å². The Kier molecular flexibility index (Phi) is 3.40. The van der Waals surface area contributed by atoms with Gasteiger partial charge in [0.25, 0.3) is 0 Å². The molecule has 0 aromatic heterocycles. The van der Waals surface area contributed by atoms with E-state index in [1.165, 1.54) is 5.19 Å². The fourth-order valence-corrected chi connectivity index (χ4v) is 2.90. The molecule has 11 heavy (non-hydrogen) atoms. The van der Waals surface area contributed by atoms with Gasteiger partial charge in [0.1, 0.15) is 0 Å². The molecule has 0 spiro atoms. The minimum absolute atomic E-state index is 0.873. The lowest BCUT2D eigenvalue weighted by atomic mass is 10.4. The highest BCUT2D eigenvalue weighted by atomic mass is 35.5. The second-order valence-electron chi connectivity index (χ2n) is 2.52. The van der Waals surface area contributed by atoms with Crippen LogP contribution in [0.1, 0.15) is 0 Å². The largest absolute Gasteiger partial charge is 0.0937 e. The maximum atomic E-state index is 5.50. The van der Waals surface area contributed by atoms with Gasteiger partial charge in [-0.25, -0.2) is 0 Å². The minimum atomic E-state index is -0.873. The molecule has 1 atom stereocenters. The summed E-state index contributed by atoms with van der Waals surface area (Å²) in [5, 5.41) is 1.43. The lowest BCUT2D eigenvalue weighted by Crippen LogP contribution is -2.23. The molecular formula is C9H11ClSi. The van der Waals surface area contributed by atoms with Crippen molar-refractivity contribution >= 4 is 25.6 Å². The molecule has 0 aliphatic heterocycles. The number of hydrogen-bond donors (Lipinski definition) is 0. The minimum Gasteiger partial charge on any atom is -0.0937 e. The van der Waals surface area contributed by atoms with Crippen LogP contribution in [0.25, 0.3) is 0 Å². The van der Waals surface area contributed by atoms with Crippen molar-refractivity contribution in [3.05, 3.63) is 41.6 Å². The summed E-state index contributed by atoms with van der Waals surface area (Å²) in [6.45, 7) is 2.26. The van der Waals surface area contributed by atoms with Crippen LogP contribution in [-0.2, 0) is 0 Å². The van der Waals surface area contributed by atoms with Crippen LogP contribution in [0.4, 0.5) is 0 Å². The van der Waals surface area contributed by atoms with Crippen LogP contribution in [0, 0.1) is 0 Å². The van der Waals surface area contributed by atoms with Crippen LogP contribution in [0.3, 0.4) is 0 Å². The molecule has 0 radical (unpaired) electrons. The van der Waals surface area contributed by atoms with Gasteiger partial charge in [-0.2, -0.15) is 0 Å². The highest BCUT2D eigenvalue weighted by Crippen LogP contribution is 1.91. The Labute approximate surface area is 74.1 Å². The normalized spacial score (nSPS) is 13.6. The van der Waals surface area contributed by atoms with E-state index in [0.717, 1.165) is 0 Å². The maximum absolute atomic E-state index is 5.50. The van der Waals surface area contributed by atoms with Crippen molar-refractivity contribution in [2.45, 2.75) is 6.55 Å². The second-order valence-corrected chi connectivity index (χ2v) is 5.40.